The average molecular weight is 274 g/mol. The zero-order valence-electron chi connectivity index (χ0n) is 11.9. The van der Waals surface area contributed by atoms with Crippen LogP contribution in [0, 0.1) is 20.8 Å². The molecule has 6 heteroatoms. The van der Waals surface area contributed by atoms with E-state index in [1.807, 2.05) is 32.0 Å². The van der Waals surface area contributed by atoms with Crippen LogP contribution in [0.2, 0.25) is 0 Å². The first-order valence-electron chi connectivity index (χ1n) is 6.43. The number of aromatic amines is 1. The molecule has 0 atom stereocenters. The molecule has 20 heavy (non-hydrogen) atoms. The molecule has 0 bridgehead atoms. The summed E-state index contributed by atoms with van der Waals surface area (Å²) in [6.07, 6.45) is 0.251. The van der Waals surface area contributed by atoms with Gasteiger partial charge in [0.15, 0.2) is 0 Å². The van der Waals surface area contributed by atoms with Gasteiger partial charge in [-0.15, -0.1) is 5.10 Å². The Morgan fingerprint density at radius 3 is 2.75 bits per heavy atom. The average Bonchev–Trinajstić information content (AvgIpc) is 2.79. The largest absolute Gasteiger partial charge is 0.493 e. The standard InChI is InChI=1S/C14H18N4O2/c1-9-4-5-12(8-10(9)2)20-7-6-13(19)16-14-15-11(3)17-18-14/h4-5,8H,6-7H2,1-3H3,(H2,15,16,17,18,19). The van der Waals surface area contributed by atoms with Crippen LogP contribution in [-0.4, -0.2) is 27.7 Å². The molecule has 1 aromatic heterocycles. The third-order valence-electron chi connectivity index (χ3n) is 2.92. The van der Waals surface area contributed by atoms with Crippen molar-refractivity contribution in [1.82, 2.24) is 15.2 Å². The fraction of sp³-hybridized carbons (Fsp3) is 0.357. The Balaban J connectivity index is 1.77. The monoisotopic (exact) mass is 274 g/mol. The predicted octanol–water partition coefficient (Wildman–Crippen LogP) is 2.14. The third kappa shape index (κ3) is 3.81. The van der Waals surface area contributed by atoms with Gasteiger partial charge in [0.05, 0.1) is 13.0 Å². The zero-order valence-corrected chi connectivity index (χ0v) is 11.9. The molecule has 2 rings (SSSR count). The van der Waals surface area contributed by atoms with Crippen molar-refractivity contribution in [2.45, 2.75) is 27.2 Å². The van der Waals surface area contributed by atoms with Crippen molar-refractivity contribution >= 4 is 11.9 Å². The second-order valence-corrected chi connectivity index (χ2v) is 4.64. The summed E-state index contributed by atoms with van der Waals surface area (Å²) >= 11 is 0. The molecule has 0 aliphatic carbocycles. The van der Waals surface area contributed by atoms with E-state index in [4.69, 9.17) is 4.74 Å². The molecule has 0 radical (unpaired) electrons. The van der Waals surface area contributed by atoms with Crippen molar-refractivity contribution in [2.75, 3.05) is 11.9 Å². The number of aromatic nitrogens is 3. The normalized spacial score (nSPS) is 10.3. The SMILES string of the molecule is Cc1nc(NC(=O)CCOc2ccc(C)c(C)c2)n[nH]1. The van der Waals surface area contributed by atoms with Crippen LogP contribution in [0.4, 0.5) is 5.95 Å². The van der Waals surface area contributed by atoms with Gasteiger partial charge in [-0.3, -0.25) is 15.2 Å². The Morgan fingerprint density at radius 2 is 2.10 bits per heavy atom. The lowest BCUT2D eigenvalue weighted by Crippen LogP contribution is -2.16. The van der Waals surface area contributed by atoms with Crippen LogP contribution < -0.4 is 10.1 Å². The number of amides is 1. The van der Waals surface area contributed by atoms with Crippen LogP contribution in [0.15, 0.2) is 18.2 Å². The lowest BCUT2D eigenvalue weighted by molar-refractivity contribution is -0.116. The maximum atomic E-state index is 11.6. The fourth-order valence-corrected chi connectivity index (χ4v) is 1.65. The Morgan fingerprint density at radius 1 is 1.30 bits per heavy atom. The van der Waals surface area contributed by atoms with Gasteiger partial charge in [-0.25, -0.2) is 0 Å². The van der Waals surface area contributed by atoms with E-state index >= 15 is 0 Å². The van der Waals surface area contributed by atoms with Gasteiger partial charge >= 0.3 is 0 Å². The van der Waals surface area contributed by atoms with Crippen LogP contribution in [0.5, 0.6) is 5.75 Å². The first kappa shape index (κ1) is 14.0. The Kier molecular flexibility index (Phi) is 4.34. The number of rotatable bonds is 5. The number of benzene rings is 1. The summed E-state index contributed by atoms with van der Waals surface area (Å²) in [7, 11) is 0. The molecule has 0 saturated carbocycles. The molecule has 1 amide bonds. The van der Waals surface area contributed by atoms with Crippen LogP contribution in [0.25, 0.3) is 0 Å². The van der Waals surface area contributed by atoms with Crippen molar-refractivity contribution in [3.05, 3.63) is 35.2 Å². The molecular weight excluding hydrogens is 256 g/mol. The number of hydrogen-bond acceptors (Lipinski definition) is 4. The molecule has 0 saturated heterocycles. The number of carbonyl (C=O) groups is 1. The molecule has 0 fully saturated rings. The second kappa shape index (κ2) is 6.18. The van der Waals surface area contributed by atoms with Gasteiger partial charge in [0.25, 0.3) is 0 Å². The van der Waals surface area contributed by atoms with Gasteiger partial charge in [0.1, 0.15) is 11.6 Å². The smallest absolute Gasteiger partial charge is 0.248 e. The highest BCUT2D eigenvalue weighted by atomic mass is 16.5. The second-order valence-electron chi connectivity index (χ2n) is 4.64. The maximum Gasteiger partial charge on any atom is 0.248 e. The zero-order chi connectivity index (χ0) is 14.5. The number of H-pyrrole nitrogens is 1. The fourth-order valence-electron chi connectivity index (χ4n) is 1.65. The highest BCUT2D eigenvalue weighted by molar-refractivity contribution is 5.88. The van der Waals surface area contributed by atoms with Gasteiger partial charge in [-0.1, -0.05) is 6.07 Å². The molecule has 1 aromatic carbocycles. The lowest BCUT2D eigenvalue weighted by Gasteiger charge is -2.07. The minimum Gasteiger partial charge on any atom is -0.493 e. The van der Waals surface area contributed by atoms with E-state index in [9.17, 15) is 4.79 Å². The van der Waals surface area contributed by atoms with E-state index < -0.39 is 0 Å². The Hall–Kier alpha value is -2.37. The number of hydrogen-bond donors (Lipinski definition) is 2. The summed E-state index contributed by atoms with van der Waals surface area (Å²) in [6.45, 7) is 6.16. The minimum atomic E-state index is -0.173. The first-order valence-corrected chi connectivity index (χ1v) is 6.43. The summed E-state index contributed by atoms with van der Waals surface area (Å²) in [5.74, 6) is 1.55. The topological polar surface area (TPSA) is 79.9 Å². The first-order chi connectivity index (χ1) is 9.54. The summed E-state index contributed by atoms with van der Waals surface area (Å²) in [4.78, 5) is 15.6. The minimum absolute atomic E-state index is 0.173. The molecule has 106 valence electrons. The van der Waals surface area contributed by atoms with Crippen LogP contribution in [0.1, 0.15) is 23.4 Å². The van der Waals surface area contributed by atoms with Gasteiger partial charge in [0.2, 0.25) is 11.9 Å². The summed E-state index contributed by atoms with van der Waals surface area (Å²) in [5.41, 5.74) is 2.39. The Labute approximate surface area is 117 Å². The molecule has 6 nitrogen and oxygen atoms in total. The van der Waals surface area contributed by atoms with Crippen LogP contribution in [0.3, 0.4) is 0 Å². The van der Waals surface area contributed by atoms with Crippen molar-refractivity contribution < 1.29 is 9.53 Å². The van der Waals surface area contributed by atoms with E-state index in [0.29, 0.717) is 18.4 Å². The van der Waals surface area contributed by atoms with E-state index in [1.165, 1.54) is 11.1 Å². The molecule has 0 aliphatic heterocycles. The maximum absolute atomic E-state index is 11.6. The van der Waals surface area contributed by atoms with E-state index in [2.05, 4.69) is 20.5 Å². The highest BCUT2D eigenvalue weighted by Crippen LogP contribution is 2.16. The number of nitrogens with one attached hydrogen (secondary N) is 2. The molecule has 0 spiro atoms. The van der Waals surface area contributed by atoms with E-state index in [1.54, 1.807) is 6.92 Å². The van der Waals surface area contributed by atoms with Crippen molar-refractivity contribution in [3.8, 4) is 5.75 Å². The molecule has 2 N–H and O–H groups in total. The molecule has 0 unspecified atom stereocenters. The van der Waals surface area contributed by atoms with Crippen LogP contribution in [-0.2, 0) is 4.79 Å². The summed E-state index contributed by atoms with van der Waals surface area (Å²) in [5, 5.41) is 9.09. The van der Waals surface area contributed by atoms with Gasteiger partial charge < -0.3 is 4.74 Å². The van der Waals surface area contributed by atoms with Gasteiger partial charge in [-0.05, 0) is 44.0 Å². The van der Waals surface area contributed by atoms with E-state index in [0.717, 1.165) is 5.75 Å². The number of carbonyl (C=O) groups excluding carboxylic acids is 1. The van der Waals surface area contributed by atoms with Gasteiger partial charge in [-0.2, -0.15) is 4.98 Å². The number of aryl methyl sites for hydroxylation is 3. The van der Waals surface area contributed by atoms with Crippen molar-refractivity contribution in [3.63, 3.8) is 0 Å². The lowest BCUT2D eigenvalue weighted by atomic mass is 10.1. The van der Waals surface area contributed by atoms with Crippen molar-refractivity contribution in [1.29, 1.82) is 0 Å². The predicted molar refractivity (Wildman–Crippen MR) is 75.8 cm³/mol. The molecule has 1 heterocycles. The molecule has 2 aromatic rings. The van der Waals surface area contributed by atoms with Gasteiger partial charge in [0, 0.05) is 0 Å². The summed E-state index contributed by atoms with van der Waals surface area (Å²) < 4.78 is 5.55. The number of ether oxygens (including phenoxy) is 1. The molecule has 0 aliphatic rings. The highest BCUT2D eigenvalue weighted by Gasteiger charge is 2.06. The number of anilines is 1. The van der Waals surface area contributed by atoms with E-state index in [-0.39, 0.29) is 12.3 Å². The van der Waals surface area contributed by atoms with Crippen LogP contribution >= 0.6 is 0 Å². The quantitative estimate of drug-likeness (QED) is 0.875. The molecular formula is C14H18N4O2. The Bertz CT molecular complexity index is 607. The number of nitrogens with zero attached hydrogens (tertiary/aromatic N) is 2. The van der Waals surface area contributed by atoms with Crippen molar-refractivity contribution in [2.24, 2.45) is 0 Å². The summed E-state index contributed by atoms with van der Waals surface area (Å²) in [6, 6.07) is 5.87. The third-order valence-corrected chi connectivity index (χ3v) is 2.92.